The molecule has 33 heavy (non-hydrogen) atoms. The molecular formula is C23H30N6O4. The molecule has 1 saturated heterocycles. The Bertz CT molecular complexity index is 1160. The van der Waals surface area contributed by atoms with Gasteiger partial charge in [0.25, 0.3) is 5.91 Å². The number of piperazine rings is 1. The third kappa shape index (κ3) is 4.01. The van der Waals surface area contributed by atoms with Crippen molar-refractivity contribution in [1.29, 1.82) is 0 Å². The Morgan fingerprint density at radius 2 is 1.64 bits per heavy atom. The summed E-state index contributed by atoms with van der Waals surface area (Å²) in [6.07, 6.45) is 0.747. The molecule has 0 N–H and O–H groups in total. The molecule has 3 aromatic rings. The number of benzene rings is 1. The summed E-state index contributed by atoms with van der Waals surface area (Å²) < 4.78 is 18.0. The third-order valence-corrected chi connectivity index (χ3v) is 5.97. The van der Waals surface area contributed by atoms with Crippen molar-refractivity contribution in [2.45, 2.75) is 20.3 Å². The van der Waals surface area contributed by atoms with Gasteiger partial charge >= 0.3 is 0 Å². The maximum absolute atomic E-state index is 13.3. The van der Waals surface area contributed by atoms with Gasteiger partial charge in [0.1, 0.15) is 16.9 Å². The van der Waals surface area contributed by atoms with Crippen LogP contribution in [0.4, 0.5) is 5.82 Å². The third-order valence-electron chi connectivity index (χ3n) is 5.97. The Kier molecular flexibility index (Phi) is 6.26. The predicted octanol–water partition coefficient (Wildman–Crippen LogP) is 2.22. The van der Waals surface area contributed by atoms with Gasteiger partial charge in [-0.25, -0.2) is 9.97 Å². The molecule has 176 valence electrons. The lowest BCUT2D eigenvalue weighted by molar-refractivity contribution is 0.0745. The first-order valence-corrected chi connectivity index (χ1v) is 11.0. The van der Waals surface area contributed by atoms with Crippen LogP contribution < -0.4 is 19.1 Å². The van der Waals surface area contributed by atoms with Gasteiger partial charge in [-0.15, -0.1) is 0 Å². The smallest absolute Gasteiger partial charge is 0.254 e. The maximum Gasteiger partial charge on any atom is 0.254 e. The van der Waals surface area contributed by atoms with Crippen LogP contribution in [0, 0.1) is 6.92 Å². The van der Waals surface area contributed by atoms with Crippen molar-refractivity contribution in [3.8, 4) is 17.2 Å². The van der Waals surface area contributed by atoms with Crippen molar-refractivity contribution in [3.05, 3.63) is 29.2 Å². The first kappa shape index (κ1) is 22.6. The molecule has 0 atom stereocenters. The lowest BCUT2D eigenvalue weighted by Gasteiger charge is -2.36. The summed E-state index contributed by atoms with van der Waals surface area (Å²) in [4.78, 5) is 26.8. The molecule has 0 saturated carbocycles. The Balaban J connectivity index is 1.57. The molecular weight excluding hydrogens is 424 g/mol. The molecule has 10 nitrogen and oxygen atoms in total. The van der Waals surface area contributed by atoms with Crippen LogP contribution in [0.1, 0.15) is 28.8 Å². The second-order valence-corrected chi connectivity index (χ2v) is 7.92. The normalized spacial score (nSPS) is 14.0. The topological polar surface area (TPSA) is 94.8 Å². The van der Waals surface area contributed by atoms with Gasteiger partial charge in [-0.2, -0.15) is 5.10 Å². The molecule has 0 unspecified atom stereocenters. The fraction of sp³-hybridized carbons (Fsp3) is 0.478. The van der Waals surface area contributed by atoms with Gasteiger partial charge in [-0.1, -0.05) is 6.92 Å². The summed E-state index contributed by atoms with van der Waals surface area (Å²) in [5, 5.41) is 4.54. The van der Waals surface area contributed by atoms with Crippen LogP contribution in [0.5, 0.6) is 17.2 Å². The van der Waals surface area contributed by atoms with Crippen molar-refractivity contribution in [1.82, 2.24) is 24.6 Å². The lowest BCUT2D eigenvalue weighted by Crippen LogP contribution is -2.49. The van der Waals surface area contributed by atoms with Gasteiger partial charge in [-0.05, 0) is 19.1 Å². The molecule has 3 heterocycles. The van der Waals surface area contributed by atoms with E-state index in [4.69, 9.17) is 19.2 Å². The molecule has 4 rings (SSSR count). The van der Waals surface area contributed by atoms with Crippen LogP contribution >= 0.6 is 0 Å². The average molecular weight is 455 g/mol. The van der Waals surface area contributed by atoms with Crippen molar-refractivity contribution < 1.29 is 19.0 Å². The minimum absolute atomic E-state index is 0.0765. The summed E-state index contributed by atoms with van der Waals surface area (Å²) in [6, 6.07) is 3.38. The number of carbonyl (C=O) groups excluding carboxylic acids is 1. The fourth-order valence-corrected chi connectivity index (χ4v) is 4.25. The van der Waals surface area contributed by atoms with E-state index in [-0.39, 0.29) is 5.91 Å². The summed E-state index contributed by atoms with van der Waals surface area (Å²) in [5.41, 5.74) is 3.20. The van der Waals surface area contributed by atoms with E-state index in [1.807, 2.05) is 30.5 Å². The van der Waals surface area contributed by atoms with Crippen molar-refractivity contribution >= 4 is 22.8 Å². The van der Waals surface area contributed by atoms with Gasteiger partial charge in [-0.3, -0.25) is 9.48 Å². The van der Waals surface area contributed by atoms with E-state index in [0.717, 1.165) is 34.8 Å². The summed E-state index contributed by atoms with van der Waals surface area (Å²) in [7, 11) is 6.53. The highest BCUT2D eigenvalue weighted by molar-refractivity contribution is 5.96. The minimum atomic E-state index is -0.0765. The average Bonchev–Trinajstić information content (AvgIpc) is 3.15. The second kappa shape index (κ2) is 9.13. The molecule has 2 aromatic heterocycles. The molecule has 1 fully saturated rings. The minimum Gasteiger partial charge on any atom is -0.493 e. The van der Waals surface area contributed by atoms with Crippen molar-refractivity contribution in [2.75, 3.05) is 52.4 Å². The number of amides is 1. The molecule has 0 radical (unpaired) electrons. The first-order chi connectivity index (χ1) is 15.9. The Morgan fingerprint density at radius 3 is 2.18 bits per heavy atom. The highest BCUT2D eigenvalue weighted by Crippen LogP contribution is 2.38. The number of aryl methyl sites for hydroxylation is 3. The van der Waals surface area contributed by atoms with E-state index in [9.17, 15) is 4.79 Å². The zero-order valence-corrected chi connectivity index (χ0v) is 20.0. The van der Waals surface area contributed by atoms with Gasteiger partial charge in [0, 0.05) is 45.2 Å². The number of nitrogens with zero attached hydrogens (tertiary/aromatic N) is 6. The van der Waals surface area contributed by atoms with Crippen LogP contribution in [0.3, 0.4) is 0 Å². The largest absolute Gasteiger partial charge is 0.493 e. The van der Waals surface area contributed by atoms with Gasteiger partial charge in [0.15, 0.2) is 17.3 Å². The molecule has 1 aliphatic heterocycles. The van der Waals surface area contributed by atoms with Crippen LogP contribution in [-0.2, 0) is 13.5 Å². The number of carbonyl (C=O) groups is 1. The van der Waals surface area contributed by atoms with Crippen LogP contribution in [0.2, 0.25) is 0 Å². The summed E-state index contributed by atoms with van der Waals surface area (Å²) in [6.45, 7) is 6.47. The monoisotopic (exact) mass is 454 g/mol. The number of ether oxygens (including phenoxy) is 3. The van der Waals surface area contributed by atoms with E-state index in [2.05, 4.69) is 15.0 Å². The SMILES string of the molecule is CCc1nc(N2CCN(C(=O)c3cc(OC)c(OC)c(OC)c3)CC2)c2c(n1)c(C)nn2C. The van der Waals surface area contributed by atoms with E-state index < -0.39 is 0 Å². The first-order valence-electron chi connectivity index (χ1n) is 11.0. The molecule has 1 amide bonds. The molecule has 0 bridgehead atoms. The van der Waals surface area contributed by atoms with E-state index in [0.29, 0.717) is 49.0 Å². The molecule has 0 spiro atoms. The van der Waals surface area contributed by atoms with Gasteiger partial charge < -0.3 is 24.0 Å². The predicted molar refractivity (Wildman–Crippen MR) is 125 cm³/mol. The van der Waals surface area contributed by atoms with Gasteiger partial charge in [0.05, 0.1) is 27.0 Å². The van der Waals surface area contributed by atoms with E-state index in [1.165, 1.54) is 14.2 Å². The summed E-state index contributed by atoms with van der Waals surface area (Å²) in [5.74, 6) is 2.98. The molecule has 0 aliphatic carbocycles. The Labute approximate surface area is 193 Å². The van der Waals surface area contributed by atoms with Crippen molar-refractivity contribution in [3.63, 3.8) is 0 Å². The number of methoxy groups -OCH3 is 3. The Morgan fingerprint density at radius 1 is 1.00 bits per heavy atom. The van der Waals surface area contributed by atoms with Gasteiger partial charge in [0.2, 0.25) is 5.75 Å². The quantitative estimate of drug-likeness (QED) is 0.560. The number of anilines is 1. The number of hydrogen-bond acceptors (Lipinski definition) is 8. The summed E-state index contributed by atoms with van der Waals surface area (Å²) >= 11 is 0. The number of aromatic nitrogens is 4. The maximum atomic E-state index is 13.3. The molecule has 1 aromatic carbocycles. The highest BCUT2D eigenvalue weighted by Gasteiger charge is 2.27. The van der Waals surface area contributed by atoms with E-state index in [1.54, 1.807) is 19.2 Å². The molecule has 10 heteroatoms. The lowest BCUT2D eigenvalue weighted by atomic mass is 10.1. The van der Waals surface area contributed by atoms with Crippen LogP contribution in [0.25, 0.3) is 11.0 Å². The number of rotatable bonds is 6. The van der Waals surface area contributed by atoms with E-state index >= 15 is 0 Å². The molecule has 1 aliphatic rings. The highest BCUT2D eigenvalue weighted by atomic mass is 16.5. The van der Waals surface area contributed by atoms with Crippen LogP contribution in [0.15, 0.2) is 12.1 Å². The standard InChI is InChI=1S/C23H30N6O4/c1-7-18-24-19-14(2)26-27(3)20(19)22(25-18)28-8-10-29(11-9-28)23(30)15-12-16(31-4)21(33-6)17(13-15)32-5/h12-13H,7-11H2,1-6H3. The number of fused-ring (bicyclic) bond motifs is 1. The Hall–Kier alpha value is -3.56. The fourth-order valence-electron chi connectivity index (χ4n) is 4.25. The zero-order chi connectivity index (χ0) is 23.7. The van der Waals surface area contributed by atoms with Crippen molar-refractivity contribution in [2.24, 2.45) is 7.05 Å². The zero-order valence-electron chi connectivity index (χ0n) is 20.0. The number of hydrogen-bond donors (Lipinski definition) is 0. The van der Waals surface area contributed by atoms with Crippen LogP contribution in [-0.4, -0.2) is 78.1 Å². The second-order valence-electron chi connectivity index (χ2n) is 7.92.